The van der Waals surface area contributed by atoms with Crippen LogP contribution < -0.4 is 0 Å². The summed E-state index contributed by atoms with van der Waals surface area (Å²) in [5, 5.41) is 0. The van der Waals surface area contributed by atoms with E-state index in [1.807, 2.05) is 274 Å². The number of carbonyl (C=O) groups excluding carboxylic acids is 2. The lowest BCUT2D eigenvalue weighted by Crippen LogP contribution is -2.48. The van der Waals surface area contributed by atoms with Crippen molar-refractivity contribution in [3.8, 4) is 0 Å². The third-order valence-corrected chi connectivity index (χ3v) is 13.5. The molecule has 0 spiro atoms. The highest BCUT2D eigenvalue weighted by Crippen LogP contribution is 2.49. The average Bonchev–Trinajstić information content (AvgIpc) is 1.63. The molecule has 0 bridgehead atoms. The lowest BCUT2D eigenvalue weighted by atomic mass is 9.64. The normalized spacial score (nSPS) is 15.3. The Labute approximate surface area is 556 Å². The summed E-state index contributed by atoms with van der Waals surface area (Å²) in [7, 11) is 3.66. The second kappa shape index (κ2) is 73.2. The molecule has 2 aromatic carbocycles. The van der Waals surface area contributed by atoms with Crippen LogP contribution in [0.4, 0.5) is 4.79 Å². The lowest BCUT2D eigenvalue weighted by molar-refractivity contribution is -0.141. The van der Waals surface area contributed by atoms with Crippen molar-refractivity contribution in [1.82, 2.24) is 24.7 Å². The smallest absolute Gasteiger partial charge is 0.319 e. The maximum atomic E-state index is 12.7. The molecule has 0 saturated carbocycles. The first-order chi connectivity index (χ1) is 42.3. The summed E-state index contributed by atoms with van der Waals surface area (Å²) in [5.41, 5.74) is 10.5. The summed E-state index contributed by atoms with van der Waals surface area (Å²) < 4.78 is 0. The molecule has 2 atom stereocenters. The van der Waals surface area contributed by atoms with Crippen molar-refractivity contribution >= 4 is 11.9 Å². The van der Waals surface area contributed by atoms with E-state index in [2.05, 4.69) is 91.5 Å². The van der Waals surface area contributed by atoms with E-state index in [9.17, 15) is 9.59 Å². The quantitative estimate of drug-likeness (QED) is 0.201. The van der Waals surface area contributed by atoms with E-state index in [4.69, 9.17) is 9.97 Å². The van der Waals surface area contributed by atoms with Gasteiger partial charge in [0.25, 0.3) is 0 Å². The Balaban J connectivity index is -0.000000102. The fourth-order valence-corrected chi connectivity index (χ4v) is 10.4. The summed E-state index contributed by atoms with van der Waals surface area (Å²) in [4.78, 5) is 40.7. The standard InChI is InChI=1S/C25H32N2O.C23H29N3O.16C2H6.CH4/c1-24(2,3)23(28)27-16-13-20(14-17-27)25(4)21-10-6-5-8-18(21)11-12-19-9-7-15-26-22(19)25;1-23(19-12-15-26(16-13-19)22(27)25(2)3)20-9-5-4-7-17(20)10-11-18-8-6-14-24-21(18)23;16*1-2;/h5-10,15,20H,11-14,16-17H2,1-4H3;4-9,14,19H,10-13,15-16H2,1-3H3;16*1-2H3;1H4. The van der Waals surface area contributed by atoms with Gasteiger partial charge in [0.15, 0.2) is 0 Å². The maximum Gasteiger partial charge on any atom is 0.319 e. The van der Waals surface area contributed by atoms with Gasteiger partial charge in [0.2, 0.25) is 5.91 Å². The minimum atomic E-state index is -0.306. The molecule has 8 rings (SSSR count). The molecule has 7 nitrogen and oxygen atoms in total. The zero-order chi connectivity index (χ0) is 71.0. The van der Waals surface area contributed by atoms with Crippen LogP contribution in [0, 0.1) is 17.3 Å². The molecule has 2 fully saturated rings. The van der Waals surface area contributed by atoms with Crippen molar-refractivity contribution in [2.45, 2.75) is 326 Å². The van der Waals surface area contributed by atoms with E-state index in [0.717, 1.165) is 77.5 Å². The SMILES string of the molecule is C.CC.CC.CC.CC.CC.CC.CC.CC.CC.CC.CC.CC.CC.CC.CC.CC.CC(C)(C)C(=O)N1CCC(C2(C)c3ccccc3CCc3cccnc32)CC1.CN(C)C(=O)N1CCC(C2(C)c3ccccc3CCc3cccnc32)CC1. The largest absolute Gasteiger partial charge is 0.342 e. The number of nitrogens with zero attached hydrogens (tertiary/aromatic N) is 5. The predicted octanol–water partition coefficient (Wildman–Crippen LogP) is 25.7. The van der Waals surface area contributed by atoms with Gasteiger partial charge in [0.05, 0.1) is 11.4 Å². The first-order valence-corrected chi connectivity index (χ1v) is 36.6. The van der Waals surface area contributed by atoms with Crippen LogP contribution in [0.1, 0.15) is 334 Å². The van der Waals surface area contributed by atoms with Crippen molar-refractivity contribution in [3.05, 3.63) is 130 Å². The number of carbonyl (C=O) groups is 2. The molecule has 0 radical (unpaired) electrons. The van der Waals surface area contributed by atoms with E-state index in [-0.39, 0.29) is 35.6 Å². The molecule has 522 valence electrons. The zero-order valence-corrected chi connectivity index (χ0v) is 66.3. The van der Waals surface area contributed by atoms with Crippen LogP contribution in [0.2, 0.25) is 0 Å². The Bertz CT molecular complexity index is 1910. The van der Waals surface area contributed by atoms with Crippen LogP contribution in [-0.4, -0.2) is 76.9 Å². The van der Waals surface area contributed by atoms with Gasteiger partial charge in [-0.3, -0.25) is 14.8 Å². The highest BCUT2D eigenvalue weighted by Gasteiger charge is 2.46. The summed E-state index contributed by atoms with van der Waals surface area (Å²) in [6, 6.07) is 26.6. The lowest BCUT2D eigenvalue weighted by Gasteiger charge is -2.44. The summed E-state index contributed by atoms with van der Waals surface area (Å²) in [5.74, 6) is 1.25. The van der Waals surface area contributed by atoms with Crippen LogP contribution >= 0.6 is 0 Å². The van der Waals surface area contributed by atoms with Gasteiger partial charge in [-0.05, 0) is 123 Å². The third-order valence-electron chi connectivity index (χ3n) is 13.5. The Morgan fingerprint density at radius 3 is 0.898 bits per heavy atom. The first-order valence-electron chi connectivity index (χ1n) is 36.6. The molecule has 0 N–H and O–H groups in total. The van der Waals surface area contributed by atoms with Crippen molar-refractivity contribution in [3.63, 3.8) is 0 Å². The fraction of sp³-hybridized carbons (Fsp3) is 0.704. The summed E-state index contributed by atoms with van der Waals surface area (Å²) in [6.07, 6.45) is 12.2. The number of rotatable bonds is 2. The number of piperidine rings is 2. The molecule has 2 saturated heterocycles. The summed E-state index contributed by atoms with van der Waals surface area (Å²) in [6.45, 7) is 78.2. The minimum absolute atomic E-state index is 0. The number of hydrogen-bond donors (Lipinski definition) is 0. The van der Waals surface area contributed by atoms with Gasteiger partial charge in [-0.2, -0.15) is 0 Å². The number of aromatic nitrogens is 2. The second-order valence-electron chi connectivity index (χ2n) is 18.0. The average molecular weight is 1240 g/mol. The van der Waals surface area contributed by atoms with Crippen LogP contribution in [-0.2, 0) is 41.3 Å². The van der Waals surface area contributed by atoms with Crippen LogP contribution in [0.15, 0.2) is 85.2 Å². The highest BCUT2D eigenvalue weighted by atomic mass is 16.2. The molecule has 2 aromatic heterocycles. The van der Waals surface area contributed by atoms with E-state index >= 15 is 0 Å². The number of hydrogen-bond acceptors (Lipinski definition) is 4. The number of urea groups is 1. The molecule has 88 heavy (non-hydrogen) atoms. The van der Waals surface area contributed by atoms with E-state index < -0.39 is 0 Å². The number of aryl methyl sites for hydroxylation is 4. The Morgan fingerprint density at radius 2 is 0.636 bits per heavy atom. The van der Waals surface area contributed by atoms with Crippen molar-refractivity contribution < 1.29 is 9.59 Å². The zero-order valence-electron chi connectivity index (χ0n) is 66.3. The van der Waals surface area contributed by atoms with Gasteiger partial charge in [-0.1, -0.05) is 310 Å². The van der Waals surface area contributed by atoms with Crippen LogP contribution in [0.3, 0.4) is 0 Å². The molecule has 4 heterocycles. The third kappa shape index (κ3) is 34.6. The van der Waals surface area contributed by atoms with Crippen molar-refractivity contribution in [2.75, 3.05) is 40.3 Å². The fourth-order valence-electron chi connectivity index (χ4n) is 10.4. The van der Waals surface area contributed by atoms with E-state index in [1.54, 1.807) is 4.90 Å². The molecule has 2 aliphatic heterocycles. The molecular weight excluding hydrogens is 1070 g/mol. The monoisotopic (exact) mass is 1240 g/mol. The molecule has 2 unspecified atom stereocenters. The topological polar surface area (TPSA) is 69.6 Å². The van der Waals surface area contributed by atoms with Crippen molar-refractivity contribution in [2.24, 2.45) is 17.3 Å². The Hall–Kier alpha value is -4.52. The number of amides is 3. The van der Waals surface area contributed by atoms with Crippen LogP contribution in [0.25, 0.3) is 0 Å². The number of likely N-dealkylation sites (tertiary alicyclic amines) is 2. The van der Waals surface area contributed by atoms with Gasteiger partial charge in [-0.15, -0.1) is 0 Å². The van der Waals surface area contributed by atoms with Gasteiger partial charge in [-0.25, -0.2) is 4.79 Å². The first kappa shape index (κ1) is 108. The van der Waals surface area contributed by atoms with Gasteiger partial charge in [0.1, 0.15) is 0 Å². The predicted molar refractivity (Wildman–Crippen MR) is 410 cm³/mol. The molecule has 4 aliphatic rings. The van der Waals surface area contributed by atoms with Gasteiger partial charge >= 0.3 is 6.03 Å². The molecule has 4 aromatic rings. The number of benzene rings is 2. The van der Waals surface area contributed by atoms with Crippen LogP contribution in [0.5, 0.6) is 0 Å². The number of pyridine rings is 2. The van der Waals surface area contributed by atoms with Gasteiger partial charge in [0, 0.05) is 68.9 Å². The molecule has 7 heteroatoms. The number of fused-ring (bicyclic) bond motifs is 4. The van der Waals surface area contributed by atoms with Gasteiger partial charge < -0.3 is 14.7 Å². The minimum Gasteiger partial charge on any atom is -0.342 e. The van der Waals surface area contributed by atoms with E-state index in [0.29, 0.717) is 11.8 Å². The highest BCUT2D eigenvalue weighted by molar-refractivity contribution is 5.81. The van der Waals surface area contributed by atoms with E-state index in [1.165, 1.54) is 44.8 Å². The Morgan fingerprint density at radius 1 is 0.398 bits per heavy atom. The van der Waals surface area contributed by atoms with Crippen molar-refractivity contribution in [1.29, 1.82) is 0 Å². The second-order valence-corrected chi connectivity index (χ2v) is 18.0. The Kier molecular flexibility index (Phi) is 89.9. The molecule has 3 amide bonds. The summed E-state index contributed by atoms with van der Waals surface area (Å²) >= 11 is 0. The maximum absolute atomic E-state index is 12.7. The molecule has 2 aliphatic carbocycles. The molecular formula is C81H161N5O2.